The molecule has 9 heteroatoms. The molecule has 340 valence electrons. The van der Waals surface area contributed by atoms with E-state index in [1.165, 1.54) is 180 Å². The topological polar surface area (TPSA) is 94.1 Å². The minimum Gasteiger partial charge on any atom is -0.756 e. The Morgan fingerprint density at radius 2 is 0.912 bits per heavy atom. The summed E-state index contributed by atoms with van der Waals surface area (Å²) in [6.45, 7) is 5.45. The summed E-state index contributed by atoms with van der Waals surface area (Å²) >= 11 is 0. The number of quaternary nitrogens is 1. The minimum absolute atomic E-state index is 0.0296. The van der Waals surface area contributed by atoms with E-state index >= 15 is 0 Å². The van der Waals surface area contributed by atoms with Crippen LogP contribution in [0.15, 0.2) is 12.2 Å². The van der Waals surface area contributed by atoms with E-state index in [4.69, 9.17) is 18.5 Å². The molecule has 0 bridgehead atoms. The first kappa shape index (κ1) is 56.2. The maximum atomic E-state index is 12.7. The summed E-state index contributed by atoms with van der Waals surface area (Å²) in [6, 6.07) is 0. The number of hydrogen-bond donors (Lipinski definition) is 0. The van der Waals surface area contributed by atoms with Gasteiger partial charge in [-0.15, -0.1) is 0 Å². The van der Waals surface area contributed by atoms with Gasteiger partial charge in [-0.1, -0.05) is 199 Å². The molecule has 0 aromatic rings. The standard InChI is InChI=1S/C48H96NO7P/c1-6-8-10-12-14-16-18-19-20-21-22-23-24-25-26-27-28-29-30-32-34-36-38-40-43-53-45-47(46-55-57(51,52)54-44-42-49(3,4)5)56-48(50)41-39-37-35-33-31-17-15-13-11-9-7-2/h21-22,47H,6-20,23-46H2,1-5H3/b22-21-. The number of allylic oxidation sites excluding steroid dienone is 2. The molecule has 8 nitrogen and oxygen atoms in total. The molecule has 2 unspecified atom stereocenters. The van der Waals surface area contributed by atoms with Crippen molar-refractivity contribution in [2.45, 2.75) is 238 Å². The van der Waals surface area contributed by atoms with Gasteiger partial charge in [0.05, 0.1) is 34.4 Å². The molecule has 0 aliphatic heterocycles. The van der Waals surface area contributed by atoms with Gasteiger partial charge in [0.1, 0.15) is 19.3 Å². The van der Waals surface area contributed by atoms with E-state index in [9.17, 15) is 14.3 Å². The highest BCUT2D eigenvalue weighted by Crippen LogP contribution is 2.38. The highest BCUT2D eigenvalue weighted by atomic mass is 31.2. The Morgan fingerprint density at radius 3 is 1.33 bits per heavy atom. The summed E-state index contributed by atoms with van der Waals surface area (Å²) in [5.41, 5.74) is 0. The average Bonchev–Trinajstić information content (AvgIpc) is 3.16. The van der Waals surface area contributed by atoms with Crippen LogP contribution in [-0.2, 0) is 27.9 Å². The number of esters is 1. The molecule has 2 atom stereocenters. The smallest absolute Gasteiger partial charge is 0.306 e. The van der Waals surface area contributed by atoms with Crippen molar-refractivity contribution in [2.24, 2.45) is 0 Å². The second kappa shape index (κ2) is 42.0. The summed E-state index contributed by atoms with van der Waals surface area (Å²) in [5, 5.41) is 0. The predicted molar refractivity (Wildman–Crippen MR) is 241 cm³/mol. The molecule has 0 aromatic carbocycles. The number of unbranched alkanes of at least 4 members (excludes halogenated alkanes) is 30. The SMILES string of the molecule is CCCCCCCCCC/C=C\CCCCCCCCCCCCCCOCC(COP(=O)([O-])OCC[N+](C)(C)C)OC(=O)CCCCCCCCCCCCC. The molecular weight excluding hydrogens is 734 g/mol. The molecule has 0 saturated heterocycles. The number of phosphoric acid groups is 1. The van der Waals surface area contributed by atoms with Gasteiger partial charge in [0.15, 0.2) is 0 Å². The first-order valence-corrected chi connectivity index (χ1v) is 25.9. The van der Waals surface area contributed by atoms with Gasteiger partial charge < -0.3 is 27.9 Å². The van der Waals surface area contributed by atoms with E-state index < -0.39 is 13.9 Å². The number of ether oxygens (including phenoxy) is 2. The molecule has 0 heterocycles. The fourth-order valence-electron chi connectivity index (χ4n) is 7.01. The average molecular weight is 830 g/mol. The van der Waals surface area contributed by atoms with Gasteiger partial charge in [-0.3, -0.25) is 9.36 Å². The molecule has 0 aliphatic rings. The van der Waals surface area contributed by atoms with Crippen molar-refractivity contribution < 1.29 is 37.3 Å². The van der Waals surface area contributed by atoms with E-state index in [1.54, 1.807) is 0 Å². The quantitative estimate of drug-likeness (QED) is 0.0198. The van der Waals surface area contributed by atoms with Gasteiger partial charge in [0.25, 0.3) is 7.82 Å². The number of likely N-dealkylation sites (N-methyl/N-ethyl adjacent to an activating group) is 1. The predicted octanol–water partition coefficient (Wildman–Crippen LogP) is 14.0. The minimum atomic E-state index is -4.52. The van der Waals surface area contributed by atoms with Crippen LogP contribution in [0.3, 0.4) is 0 Å². The lowest BCUT2D eigenvalue weighted by molar-refractivity contribution is -0.870. The summed E-state index contributed by atoms with van der Waals surface area (Å²) in [7, 11) is 1.37. The molecular formula is C48H96NO7P. The molecule has 0 amide bonds. The lowest BCUT2D eigenvalue weighted by atomic mass is 10.0. The van der Waals surface area contributed by atoms with Crippen LogP contribution < -0.4 is 4.89 Å². The second-order valence-electron chi connectivity index (χ2n) is 17.8. The molecule has 0 aromatic heterocycles. The third-order valence-electron chi connectivity index (χ3n) is 10.8. The zero-order chi connectivity index (χ0) is 42.0. The normalized spacial score (nSPS) is 13.7. The lowest BCUT2D eigenvalue weighted by Crippen LogP contribution is -2.37. The van der Waals surface area contributed by atoms with Crippen LogP contribution in [0.2, 0.25) is 0 Å². The number of phosphoric ester groups is 1. The number of hydrogen-bond acceptors (Lipinski definition) is 7. The maximum absolute atomic E-state index is 12.7. The number of nitrogens with zero attached hydrogens (tertiary/aromatic N) is 1. The van der Waals surface area contributed by atoms with E-state index in [0.29, 0.717) is 24.1 Å². The largest absolute Gasteiger partial charge is 0.756 e. The fourth-order valence-corrected chi connectivity index (χ4v) is 7.74. The van der Waals surface area contributed by atoms with Gasteiger partial charge in [-0.25, -0.2) is 0 Å². The Labute approximate surface area is 354 Å². The molecule has 0 aliphatic carbocycles. The van der Waals surface area contributed by atoms with Gasteiger partial charge in [-0.05, 0) is 38.5 Å². The van der Waals surface area contributed by atoms with Crippen molar-refractivity contribution in [3.63, 3.8) is 0 Å². The van der Waals surface area contributed by atoms with Crippen LogP contribution in [0.5, 0.6) is 0 Å². The zero-order valence-electron chi connectivity index (χ0n) is 38.6. The monoisotopic (exact) mass is 830 g/mol. The summed E-state index contributed by atoms with van der Waals surface area (Å²) in [4.78, 5) is 25.0. The van der Waals surface area contributed by atoms with Crippen LogP contribution in [0.25, 0.3) is 0 Å². The first-order chi connectivity index (χ1) is 27.6. The van der Waals surface area contributed by atoms with Crippen LogP contribution in [0, 0.1) is 0 Å². The summed E-state index contributed by atoms with van der Waals surface area (Å²) < 4.78 is 34.6. The molecule has 0 spiro atoms. The molecule has 0 N–H and O–H groups in total. The Balaban J connectivity index is 4.02. The van der Waals surface area contributed by atoms with Crippen LogP contribution in [0.4, 0.5) is 0 Å². The van der Waals surface area contributed by atoms with E-state index in [0.717, 1.165) is 32.1 Å². The van der Waals surface area contributed by atoms with Crippen molar-refractivity contribution in [2.75, 3.05) is 54.1 Å². The van der Waals surface area contributed by atoms with Crippen LogP contribution >= 0.6 is 7.82 Å². The molecule has 0 rings (SSSR count). The van der Waals surface area contributed by atoms with Crippen LogP contribution in [-0.4, -0.2) is 70.7 Å². The molecule has 57 heavy (non-hydrogen) atoms. The zero-order valence-corrected chi connectivity index (χ0v) is 39.5. The summed E-state index contributed by atoms with van der Waals surface area (Å²) in [6.07, 6.45) is 46.7. The molecule has 0 radical (unpaired) electrons. The van der Waals surface area contributed by atoms with Crippen molar-refractivity contribution in [3.05, 3.63) is 12.2 Å². The van der Waals surface area contributed by atoms with E-state index in [2.05, 4.69) is 26.0 Å². The third-order valence-corrected chi connectivity index (χ3v) is 11.8. The van der Waals surface area contributed by atoms with Gasteiger partial charge in [0, 0.05) is 13.0 Å². The number of carbonyl (C=O) groups excluding carboxylic acids is 1. The maximum Gasteiger partial charge on any atom is 0.306 e. The summed E-state index contributed by atoms with van der Waals surface area (Å²) in [5.74, 6) is -0.331. The number of rotatable bonds is 46. The Morgan fingerprint density at radius 1 is 0.526 bits per heavy atom. The lowest BCUT2D eigenvalue weighted by Gasteiger charge is -2.28. The first-order valence-electron chi connectivity index (χ1n) is 24.4. The highest BCUT2D eigenvalue weighted by molar-refractivity contribution is 7.45. The van der Waals surface area contributed by atoms with E-state index in [1.807, 2.05) is 21.1 Å². The number of carbonyl (C=O) groups is 1. The molecule has 0 fully saturated rings. The van der Waals surface area contributed by atoms with Gasteiger partial charge in [-0.2, -0.15) is 0 Å². The van der Waals surface area contributed by atoms with Crippen molar-refractivity contribution in [1.82, 2.24) is 0 Å². The van der Waals surface area contributed by atoms with Gasteiger partial charge >= 0.3 is 5.97 Å². The molecule has 0 saturated carbocycles. The van der Waals surface area contributed by atoms with Gasteiger partial charge in [0.2, 0.25) is 0 Å². The Kier molecular flexibility index (Phi) is 41.4. The highest BCUT2D eigenvalue weighted by Gasteiger charge is 2.20. The Hall–Kier alpha value is -0.760. The third kappa shape index (κ3) is 46.2. The fraction of sp³-hybridized carbons (Fsp3) is 0.938. The van der Waals surface area contributed by atoms with Crippen molar-refractivity contribution in [1.29, 1.82) is 0 Å². The van der Waals surface area contributed by atoms with Crippen molar-refractivity contribution >= 4 is 13.8 Å². The second-order valence-corrected chi connectivity index (χ2v) is 19.2. The van der Waals surface area contributed by atoms with Crippen LogP contribution in [0.1, 0.15) is 232 Å². The van der Waals surface area contributed by atoms with Crippen molar-refractivity contribution in [3.8, 4) is 0 Å². The van der Waals surface area contributed by atoms with E-state index in [-0.39, 0.29) is 25.8 Å². The Bertz CT molecular complexity index is 925.